The molecule has 0 radical (unpaired) electrons. The number of aromatic nitrogens is 2. The molecule has 2 aromatic rings. The standard InChI is InChI=1S/C20H22ClF3N4O3/c1-30-13-6-5-11(9-14(13)31-2)12-10-15(20(22,23)24)28-18(25-12)16(21)17(26-28)19(29)27-7-3-4-8-27/h5-6,9,12,15,25H,3-4,7-8,10H2,1-2H3. The largest absolute Gasteiger partial charge is 0.493 e. The first-order valence-corrected chi connectivity index (χ1v) is 10.2. The molecule has 3 heterocycles. The number of hydrogen-bond acceptors (Lipinski definition) is 5. The number of likely N-dealkylation sites (tertiary alicyclic amines) is 1. The van der Waals surface area contributed by atoms with Gasteiger partial charge in [0.2, 0.25) is 0 Å². The van der Waals surface area contributed by atoms with Crippen LogP contribution in [0.5, 0.6) is 11.5 Å². The summed E-state index contributed by atoms with van der Waals surface area (Å²) in [4.78, 5) is 14.3. The maximum absolute atomic E-state index is 13.9. The summed E-state index contributed by atoms with van der Waals surface area (Å²) in [6, 6.07) is 2.28. The number of carbonyl (C=O) groups is 1. The molecule has 1 aromatic heterocycles. The van der Waals surface area contributed by atoms with Crippen LogP contribution in [0.4, 0.5) is 19.0 Å². The van der Waals surface area contributed by atoms with Crippen molar-refractivity contribution >= 4 is 23.3 Å². The van der Waals surface area contributed by atoms with Crippen LogP contribution in [0.1, 0.15) is 47.4 Å². The molecule has 168 valence electrons. The monoisotopic (exact) mass is 458 g/mol. The Morgan fingerprint density at radius 2 is 1.87 bits per heavy atom. The topological polar surface area (TPSA) is 68.6 Å². The van der Waals surface area contributed by atoms with Gasteiger partial charge < -0.3 is 19.7 Å². The van der Waals surface area contributed by atoms with E-state index in [1.54, 1.807) is 23.1 Å². The van der Waals surface area contributed by atoms with Crippen molar-refractivity contribution < 1.29 is 27.4 Å². The van der Waals surface area contributed by atoms with Crippen molar-refractivity contribution in [1.82, 2.24) is 14.7 Å². The highest BCUT2D eigenvalue weighted by Gasteiger charge is 2.48. The molecule has 2 atom stereocenters. The van der Waals surface area contributed by atoms with E-state index in [1.807, 2.05) is 0 Å². The van der Waals surface area contributed by atoms with E-state index in [9.17, 15) is 18.0 Å². The lowest BCUT2D eigenvalue weighted by atomic mass is 9.96. The third kappa shape index (κ3) is 3.88. The van der Waals surface area contributed by atoms with Gasteiger partial charge in [-0.1, -0.05) is 17.7 Å². The number of halogens is 4. The number of methoxy groups -OCH3 is 2. The predicted octanol–water partition coefficient (Wildman–Crippen LogP) is 4.45. The third-order valence-electron chi connectivity index (χ3n) is 5.70. The van der Waals surface area contributed by atoms with E-state index < -0.39 is 24.2 Å². The Morgan fingerprint density at radius 3 is 2.48 bits per heavy atom. The SMILES string of the molecule is COc1ccc(C2CC(C(F)(F)F)n3nc(C(=O)N4CCCC4)c(Cl)c3N2)cc1OC. The van der Waals surface area contributed by atoms with E-state index in [2.05, 4.69) is 10.4 Å². The van der Waals surface area contributed by atoms with Crippen LogP contribution in [0.25, 0.3) is 0 Å². The van der Waals surface area contributed by atoms with E-state index >= 15 is 0 Å². The highest BCUT2D eigenvalue weighted by molar-refractivity contribution is 6.36. The van der Waals surface area contributed by atoms with Gasteiger partial charge in [0, 0.05) is 19.5 Å². The van der Waals surface area contributed by atoms with Crippen molar-refractivity contribution in [2.45, 2.75) is 37.5 Å². The molecule has 2 unspecified atom stereocenters. The van der Waals surface area contributed by atoms with E-state index in [-0.39, 0.29) is 23.0 Å². The molecular weight excluding hydrogens is 437 g/mol. The zero-order valence-corrected chi connectivity index (χ0v) is 17.8. The molecular formula is C20H22ClF3N4O3. The van der Waals surface area contributed by atoms with Gasteiger partial charge in [-0.15, -0.1) is 0 Å². The molecule has 1 fully saturated rings. The van der Waals surface area contributed by atoms with Crippen LogP contribution in [0.15, 0.2) is 18.2 Å². The minimum absolute atomic E-state index is 0.0161. The second kappa shape index (κ2) is 8.14. The molecule has 4 rings (SSSR count). The molecule has 1 N–H and O–H groups in total. The fourth-order valence-electron chi connectivity index (χ4n) is 4.08. The van der Waals surface area contributed by atoms with Crippen LogP contribution in [0.3, 0.4) is 0 Å². The Morgan fingerprint density at radius 1 is 1.19 bits per heavy atom. The van der Waals surface area contributed by atoms with Crippen LogP contribution in [0, 0.1) is 0 Å². The van der Waals surface area contributed by atoms with Crippen molar-refractivity contribution in [3.8, 4) is 11.5 Å². The highest BCUT2D eigenvalue weighted by Crippen LogP contribution is 2.47. The summed E-state index contributed by atoms with van der Waals surface area (Å²) in [6.07, 6.45) is -3.19. The van der Waals surface area contributed by atoms with Crippen LogP contribution in [-0.2, 0) is 0 Å². The van der Waals surface area contributed by atoms with Crippen molar-refractivity contribution in [3.05, 3.63) is 34.5 Å². The lowest BCUT2D eigenvalue weighted by molar-refractivity contribution is -0.173. The normalized spacial score (nSPS) is 20.9. The number of nitrogens with zero attached hydrogens (tertiary/aromatic N) is 3. The highest BCUT2D eigenvalue weighted by atomic mass is 35.5. The second-order valence-electron chi connectivity index (χ2n) is 7.56. The number of ether oxygens (including phenoxy) is 2. The second-order valence-corrected chi connectivity index (χ2v) is 7.94. The summed E-state index contributed by atoms with van der Waals surface area (Å²) >= 11 is 6.38. The summed E-state index contributed by atoms with van der Waals surface area (Å²) < 4.78 is 53.1. The van der Waals surface area contributed by atoms with Gasteiger partial charge in [-0.3, -0.25) is 4.79 Å². The molecule has 0 aliphatic carbocycles. The Hall–Kier alpha value is -2.62. The number of alkyl halides is 3. The van der Waals surface area contributed by atoms with Gasteiger partial charge in [0.25, 0.3) is 5.91 Å². The van der Waals surface area contributed by atoms with Gasteiger partial charge in [-0.2, -0.15) is 18.3 Å². The lowest BCUT2D eigenvalue weighted by Crippen LogP contribution is -2.36. The molecule has 31 heavy (non-hydrogen) atoms. The maximum Gasteiger partial charge on any atom is 0.410 e. The average molecular weight is 459 g/mol. The van der Waals surface area contributed by atoms with Gasteiger partial charge >= 0.3 is 6.18 Å². The van der Waals surface area contributed by atoms with Crippen LogP contribution in [0.2, 0.25) is 5.02 Å². The van der Waals surface area contributed by atoms with Gasteiger partial charge in [-0.25, -0.2) is 4.68 Å². The zero-order valence-electron chi connectivity index (χ0n) is 17.0. The van der Waals surface area contributed by atoms with Crippen molar-refractivity contribution in [1.29, 1.82) is 0 Å². The van der Waals surface area contributed by atoms with E-state index in [0.717, 1.165) is 17.5 Å². The fourth-order valence-corrected chi connectivity index (χ4v) is 4.34. The quantitative estimate of drug-likeness (QED) is 0.733. The summed E-state index contributed by atoms with van der Waals surface area (Å²) in [6.45, 7) is 1.09. The van der Waals surface area contributed by atoms with E-state index in [0.29, 0.717) is 30.2 Å². The number of fused-ring (bicyclic) bond motifs is 1. The molecule has 0 bridgehead atoms. The van der Waals surface area contributed by atoms with Crippen molar-refractivity contribution in [2.75, 3.05) is 32.6 Å². The molecule has 0 saturated carbocycles. The van der Waals surface area contributed by atoms with E-state index in [1.165, 1.54) is 14.2 Å². The summed E-state index contributed by atoms with van der Waals surface area (Å²) in [7, 11) is 2.93. The number of nitrogens with one attached hydrogen (secondary N) is 1. The minimum atomic E-state index is -4.57. The number of amides is 1. The predicted molar refractivity (Wildman–Crippen MR) is 108 cm³/mol. The van der Waals surface area contributed by atoms with E-state index in [4.69, 9.17) is 21.1 Å². The Balaban J connectivity index is 1.73. The first-order valence-electron chi connectivity index (χ1n) is 9.87. The van der Waals surface area contributed by atoms with Gasteiger partial charge in [0.1, 0.15) is 10.8 Å². The smallest absolute Gasteiger partial charge is 0.410 e. The molecule has 11 heteroatoms. The average Bonchev–Trinajstić information content (AvgIpc) is 3.40. The molecule has 1 amide bonds. The molecule has 7 nitrogen and oxygen atoms in total. The number of carbonyl (C=O) groups excluding carboxylic acids is 1. The first-order chi connectivity index (χ1) is 14.7. The van der Waals surface area contributed by atoms with Crippen LogP contribution in [-0.4, -0.2) is 54.1 Å². The Kier molecular flexibility index (Phi) is 5.67. The Labute approximate surface area is 182 Å². The molecule has 2 aliphatic rings. The minimum Gasteiger partial charge on any atom is -0.493 e. The number of anilines is 1. The zero-order chi connectivity index (χ0) is 22.3. The van der Waals surface area contributed by atoms with Crippen molar-refractivity contribution in [3.63, 3.8) is 0 Å². The lowest BCUT2D eigenvalue weighted by Gasteiger charge is -2.33. The van der Waals surface area contributed by atoms with Gasteiger partial charge in [0.15, 0.2) is 23.2 Å². The molecule has 0 spiro atoms. The number of hydrogen-bond donors (Lipinski definition) is 1. The molecule has 2 aliphatic heterocycles. The van der Waals surface area contributed by atoms with Gasteiger partial charge in [-0.05, 0) is 30.5 Å². The summed E-state index contributed by atoms with van der Waals surface area (Å²) in [5.41, 5.74) is 0.413. The van der Waals surface area contributed by atoms with Crippen LogP contribution >= 0.6 is 11.6 Å². The Bertz CT molecular complexity index is 989. The summed E-state index contributed by atoms with van der Waals surface area (Å²) in [5.74, 6) is 0.406. The molecule has 1 aromatic carbocycles. The van der Waals surface area contributed by atoms with Crippen LogP contribution < -0.4 is 14.8 Å². The first kappa shape index (κ1) is 21.6. The number of rotatable bonds is 4. The van der Waals surface area contributed by atoms with Crippen molar-refractivity contribution in [2.24, 2.45) is 0 Å². The summed E-state index contributed by atoms with van der Waals surface area (Å²) in [5, 5.41) is 6.94. The molecule has 1 saturated heterocycles. The number of benzene rings is 1. The fraction of sp³-hybridized carbons (Fsp3) is 0.500. The van der Waals surface area contributed by atoms with Gasteiger partial charge in [0.05, 0.1) is 20.3 Å². The third-order valence-corrected chi connectivity index (χ3v) is 6.06. The maximum atomic E-state index is 13.9.